The molecule has 1 aliphatic rings. The van der Waals surface area contributed by atoms with Gasteiger partial charge in [-0.1, -0.05) is 42.5 Å². The predicted molar refractivity (Wildman–Crippen MR) is 92.9 cm³/mol. The molecular formula is C20H14N2O2. The van der Waals surface area contributed by atoms with Crippen LogP contribution in [0.2, 0.25) is 0 Å². The summed E-state index contributed by atoms with van der Waals surface area (Å²) < 4.78 is 0. The number of amides is 2. The monoisotopic (exact) mass is 314 g/mol. The molecule has 3 aromatic rings. The Balaban J connectivity index is 1.97. The van der Waals surface area contributed by atoms with E-state index in [0.717, 1.165) is 11.4 Å². The molecule has 0 radical (unpaired) electrons. The van der Waals surface area contributed by atoms with Crippen LogP contribution in [0.1, 0.15) is 20.7 Å². The Morgan fingerprint density at radius 3 is 1.79 bits per heavy atom. The topological polar surface area (TPSA) is 49.4 Å². The highest BCUT2D eigenvalue weighted by atomic mass is 16.2. The van der Waals surface area contributed by atoms with Gasteiger partial charge in [-0.25, -0.2) is 0 Å². The number of nitrogens with one attached hydrogen (secondary N) is 1. The Hall–Kier alpha value is -3.40. The van der Waals surface area contributed by atoms with E-state index in [9.17, 15) is 9.59 Å². The van der Waals surface area contributed by atoms with Crippen molar-refractivity contribution in [2.24, 2.45) is 0 Å². The maximum absolute atomic E-state index is 12.3. The molecule has 0 aliphatic carbocycles. The molecule has 0 bridgehead atoms. The zero-order valence-corrected chi connectivity index (χ0v) is 12.8. The van der Waals surface area contributed by atoms with Crippen LogP contribution in [-0.4, -0.2) is 11.8 Å². The number of imide groups is 1. The second-order valence-corrected chi connectivity index (χ2v) is 5.49. The molecule has 3 aromatic carbocycles. The van der Waals surface area contributed by atoms with E-state index in [1.54, 1.807) is 12.1 Å². The van der Waals surface area contributed by atoms with E-state index in [1.807, 2.05) is 71.6 Å². The van der Waals surface area contributed by atoms with Crippen LogP contribution in [-0.2, 0) is 0 Å². The van der Waals surface area contributed by atoms with Crippen LogP contribution in [0, 0.1) is 0 Å². The normalized spacial score (nSPS) is 12.7. The molecular weight excluding hydrogens is 300 g/mol. The molecule has 4 rings (SSSR count). The molecule has 2 amide bonds. The smallest absolute Gasteiger partial charge is 0.261 e. The lowest BCUT2D eigenvalue weighted by Gasteiger charge is -2.26. The molecule has 4 nitrogen and oxygen atoms in total. The van der Waals surface area contributed by atoms with Crippen LogP contribution in [0.15, 0.2) is 78.9 Å². The highest BCUT2D eigenvalue weighted by molar-refractivity contribution is 6.24. The molecule has 0 aromatic heterocycles. The van der Waals surface area contributed by atoms with E-state index in [2.05, 4.69) is 5.32 Å². The summed E-state index contributed by atoms with van der Waals surface area (Å²) in [5.74, 6) is -0.708. The summed E-state index contributed by atoms with van der Waals surface area (Å²) in [6.45, 7) is 0. The minimum absolute atomic E-state index is 0.349. The number of carbonyl (C=O) groups is 2. The van der Waals surface area contributed by atoms with Crippen LogP contribution in [0.3, 0.4) is 0 Å². The van der Waals surface area contributed by atoms with Crippen LogP contribution in [0.25, 0.3) is 0 Å². The molecule has 0 saturated heterocycles. The average molecular weight is 314 g/mol. The predicted octanol–water partition coefficient (Wildman–Crippen LogP) is 4.04. The third-order valence-corrected chi connectivity index (χ3v) is 4.01. The molecule has 0 atom stereocenters. The molecule has 116 valence electrons. The van der Waals surface area contributed by atoms with Gasteiger partial charge in [-0.05, 0) is 36.4 Å². The van der Waals surface area contributed by atoms with Gasteiger partial charge in [-0.3, -0.25) is 14.9 Å². The summed E-state index contributed by atoms with van der Waals surface area (Å²) in [5.41, 5.74) is 3.35. The first-order valence-corrected chi connectivity index (χ1v) is 7.64. The van der Waals surface area contributed by atoms with Crippen molar-refractivity contribution in [3.63, 3.8) is 0 Å². The van der Waals surface area contributed by atoms with E-state index in [1.165, 1.54) is 0 Å². The fraction of sp³-hybridized carbons (Fsp3) is 0. The zero-order valence-electron chi connectivity index (χ0n) is 12.8. The van der Waals surface area contributed by atoms with Gasteiger partial charge in [0.15, 0.2) is 0 Å². The first-order valence-electron chi connectivity index (χ1n) is 7.64. The van der Waals surface area contributed by atoms with Crippen molar-refractivity contribution in [2.45, 2.75) is 0 Å². The number of para-hydroxylation sites is 2. The van der Waals surface area contributed by atoms with Gasteiger partial charge in [0.05, 0.1) is 16.8 Å². The summed E-state index contributed by atoms with van der Waals surface area (Å²) in [7, 11) is 0. The third kappa shape index (κ3) is 2.25. The summed E-state index contributed by atoms with van der Waals surface area (Å²) in [6, 6.07) is 24.9. The largest absolute Gasteiger partial charge is 0.310 e. The van der Waals surface area contributed by atoms with E-state index in [-0.39, 0.29) is 11.8 Å². The number of rotatable bonds is 3. The maximum atomic E-state index is 12.3. The van der Waals surface area contributed by atoms with Crippen LogP contribution in [0.4, 0.5) is 17.1 Å². The first-order chi connectivity index (χ1) is 11.8. The number of hydrogen-bond acceptors (Lipinski definition) is 3. The van der Waals surface area contributed by atoms with Crippen molar-refractivity contribution in [1.29, 1.82) is 0 Å². The Bertz CT molecular complexity index is 881. The Morgan fingerprint density at radius 2 is 1.21 bits per heavy atom. The lowest BCUT2D eigenvalue weighted by molar-refractivity contribution is 0.0880. The summed E-state index contributed by atoms with van der Waals surface area (Å²) in [6.07, 6.45) is 0. The highest BCUT2D eigenvalue weighted by Gasteiger charge is 2.31. The van der Waals surface area contributed by atoms with Crippen LogP contribution >= 0.6 is 0 Å². The van der Waals surface area contributed by atoms with Gasteiger partial charge >= 0.3 is 0 Å². The number of anilines is 3. The zero-order chi connectivity index (χ0) is 16.5. The van der Waals surface area contributed by atoms with Gasteiger partial charge in [0.2, 0.25) is 0 Å². The van der Waals surface area contributed by atoms with Gasteiger partial charge in [-0.2, -0.15) is 0 Å². The number of nitrogens with zero attached hydrogens (tertiary/aromatic N) is 1. The Morgan fingerprint density at radius 1 is 0.625 bits per heavy atom. The van der Waals surface area contributed by atoms with E-state index in [4.69, 9.17) is 0 Å². The van der Waals surface area contributed by atoms with Crippen molar-refractivity contribution in [3.05, 3.63) is 90.0 Å². The van der Waals surface area contributed by atoms with Gasteiger partial charge in [0.1, 0.15) is 0 Å². The second kappa shape index (κ2) is 5.66. The maximum Gasteiger partial charge on any atom is 0.261 e. The average Bonchev–Trinajstić information content (AvgIpc) is 2.92. The molecule has 1 aliphatic heterocycles. The number of benzene rings is 3. The molecule has 0 fully saturated rings. The summed E-state index contributed by atoms with van der Waals surface area (Å²) in [5, 5.41) is 2.38. The SMILES string of the molecule is O=C1NC(=O)c2c1cccc2N(c1ccccc1)c1ccccc1. The fourth-order valence-corrected chi connectivity index (χ4v) is 2.97. The van der Waals surface area contributed by atoms with E-state index >= 15 is 0 Å². The number of fused-ring (bicyclic) bond motifs is 1. The van der Waals surface area contributed by atoms with Crippen molar-refractivity contribution in [2.75, 3.05) is 4.90 Å². The van der Waals surface area contributed by atoms with E-state index < -0.39 is 0 Å². The van der Waals surface area contributed by atoms with Gasteiger partial charge in [0.25, 0.3) is 11.8 Å². The van der Waals surface area contributed by atoms with Crippen molar-refractivity contribution >= 4 is 28.9 Å². The minimum atomic E-state index is -0.359. The number of carbonyl (C=O) groups excluding carboxylic acids is 2. The molecule has 0 unspecified atom stereocenters. The second-order valence-electron chi connectivity index (χ2n) is 5.49. The summed E-state index contributed by atoms with van der Waals surface area (Å²) in [4.78, 5) is 26.3. The van der Waals surface area contributed by atoms with Gasteiger partial charge < -0.3 is 4.90 Å². The van der Waals surface area contributed by atoms with Crippen molar-refractivity contribution < 1.29 is 9.59 Å². The Labute approximate surface area is 139 Å². The first kappa shape index (κ1) is 14.2. The van der Waals surface area contributed by atoms with Gasteiger partial charge in [0, 0.05) is 11.4 Å². The molecule has 0 saturated carbocycles. The highest BCUT2D eigenvalue weighted by Crippen LogP contribution is 2.38. The molecule has 1 N–H and O–H groups in total. The lowest BCUT2D eigenvalue weighted by atomic mass is 10.0. The molecule has 1 heterocycles. The van der Waals surface area contributed by atoms with Crippen molar-refractivity contribution in [1.82, 2.24) is 5.32 Å². The van der Waals surface area contributed by atoms with Gasteiger partial charge in [-0.15, -0.1) is 0 Å². The fourth-order valence-electron chi connectivity index (χ4n) is 2.97. The minimum Gasteiger partial charge on any atom is -0.310 e. The number of hydrogen-bond donors (Lipinski definition) is 1. The molecule has 4 heteroatoms. The van der Waals surface area contributed by atoms with Crippen LogP contribution < -0.4 is 10.2 Å². The molecule has 0 spiro atoms. The summed E-state index contributed by atoms with van der Waals surface area (Å²) >= 11 is 0. The van der Waals surface area contributed by atoms with E-state index in [0.29, 0.717) is 16.8 Å². The standard InChI is InChI=1S/C20H14N2O2/c23-19-16-12-7-13-17(18(16)20(24)21-19)22(14-8-3-1-4-9-14)15-10-5-2-6-11-15/h1-13H,(H,21,23,24). The van der Waals surface area contributed by atoms with Crippen molar-refractivity contribution in [3.8, 4) is 0 Å². The van der Waals surface area contributed by atoms with Crippen LogP contribution in [0.5, 0.6) is 0 Å². The molecule has 24 heavy (non-hydrogen) atoms. The quantitative estimate of drug-likeness (QED) is 0.742. The third-order valence-electron chi connectivity index (χ3n) is 4.01. The Kier molecular flexibility index (Phi) is 3.35. The lowest BCUT2D eigenvalue weighted by Crippen LogP contribution is -2.21.